The molecule has 198 valence electrons. The average Bonchev–Trinajstić information content (AvgIpc) is 3.07. The van der Waals surface area contributed by atoms with Gasteiger partial charge in [0.15, 0.2) is 5.90 Å². The predicted octanol–water partition coefficient (Wildman–Crippen LogP) is 2.56. The van der Waals surface area contributed by atoms with Crippen molar-refractivity contribution in [2.45, 2.75) is 58.4 Å². The van der Waals surface area contributed by atoms with Gasteiger partial charge < -0.3 is 29.0 Å². The molecule has 2 heterocycles. The third-order valence-electron chi connectivity index (χ3n) is 5.76. The Morgan fingerprint density at radius 1 is 0.794 bits per heavy atom. The van der Waals surface area contributed by atoms with Gasteiger partial charge in [0.05, 0.1) is 31.5 Å². The molecule has 0 spiro atoms. The van der Waals surface area contributed by atoms with Crippen LogP contribution in [-0.4, -0.2) is 70.9 Å². The van der Waals surface area contributed by atoms with Crippen molar-refractivity contribution >= 4 is 38.7 Å². The second-order valence-electron chi connectivity index (χ2n) is 8.63. The first-order chi connectivity index (χ1) is 15.3. The molecule has 2 fully saturated rings. The zero-order valence-electron chi connectivity index (χ0n) is 19.1. The maximum absolute atomic E-state index is 12.2. The Morgan fingerprint density at radius 3 is 1.65 bits per heavy atom. The quantitative estimate of drug-likeness (QED) is 0.197. The van der Waals surface area contributed by atoms with Crippen molar-refractivity contribution in [3.05, 3.63) is 0 Å². The highest BCUT2D eigenvalue weighted by Crippen LogP contribution is 2.70. The molecule has 0 bridgehead atoms. The molecule has 34 heavy (non-hydrogen) atoms. The summed E-state index contributed by atoms with van der Waals surface area (Å²) in [6, 6.07) is -0.601. The fraction of sp³-hybridized carbons (Fsp3) is 1.00. The number of phosphoric ester groups is 2. The molecule has 2 aliphatic rings. The molecule has 0 aromatic rings. The van der Waals surface area contributed by atoms with Crippen LogP contribution in [0.4, 0.5) is 0 Å². The van der Waals surface area contributed by atoms with Crippen LogP contribution in [0.5, 0.6) is 0 Å². The van der Waals surface area contributed by atoms with Crippen molar-refractivity contribution in [1.29, 1.82) is 0 Å². The molecule has 2 aliphatic heterocycles. The number of hydrogen-bond acceptors (Lipinski definition) is 10. The van der Waals surface area contributed by atoms with Crippen molar-refractivity contribution in [2.75, 3.05) is 19.1 Å². The topological polar surface area (TPSA) is 205 Å². The van der Waals surface area contributed by atoms with Gasteiger partial charge >= 0.3 is 30.8 Å². The van der Waals surface area contributed by atoms with E-state index in [1.54, 1.807) is 6.92 Å². The monoisotopic (exact) mass is 570 g/mol. The van der Waals surface area contributed by atoms with Crippen LogP contribution in [0.1, 0.15) is 34.1 Å². The van der Waals surface area contributed by atoms with Gasteiger partial charge in [0, 0.05) is 6.00 Å². The van der Waals surface area contributed by atoms with E-state index in [4.69, 9.17) is 21.8 Å². The molecule has 11 atom stereocenters. The van der Waals surface area contributed by atoms with Crippen molar-refractivity contribution in [2.24, 2.45) is 17.8 Å². The molecule has 2 rings (SSSR count). The van der Waals surface area contributed by atoms with E-state index in [0.717, 1.165) is 0 Å². The van der Waals surface area contributed by atoms with Crippen LogP contribution in [-0.2, 0) is 45.4 Å². The molecule has 0 aromatic carbocycles. The maximum Gasteiger partial charge on any atom is 0.479 e. The van der Waals surface area contributed by atoms with Crippen molar-refractivity contribution in [3.63, 3.8) is 0 Å². The van der Waals surface area contributed by atoms with Gasteiger partial charge in [0.1, 0.15) is 7.85 Å². The summed E-state index contributed by atoms with van der Waals surface area (Å²) in [5.74, 6) is -1.84. The van der Waals surface area contributed by atoms with E-state index in [9.17, 15) is 37.8 Å². The Hall–Kier alpha value is 0.585. The van der Waals surface area contributed by atoms with Gasteiger partial charge in [-0.25, -0.2) is 17.8 Å². The van der Waals surface area contributed by atoms with Gasteiger partial charge in [-0.3, -0.25) is 18.2 Å². The summed E-state index contributed by atoms with van der Waals surface area (Å²) in [5.41, 5.74) is 0. The van der Waals surface area contributed by atoms with Crippen LogP contribution < -0.4 is 0 Å². The van der Waals surface area contributed by atoms with Gasteiger partial charge in [-0.15, -0.1) is 0 Å². The van der Waals surface area contributed by atoms with Crippen molar-refractivity contribution < 1.29 is 65.0 Å². The highest BCUT2D eigenvalue weighted by atomic mass is 31.3. The fourth-order valence-electron chi connectivity index (χ4n) is 3.60. The number of ether oxygens (including phenoxy) is 2. The molecule has 4 N–H and O–H groups in total. The Bertz CT molecular complexity index is 902. The summed E-state index contributed by atoms with van der Waals surface area (Å²) in [7, 11) is -15.4. The molecule has 0 saturated carbocycles. The lowest BCUT2D eigenvalue weighted by atomic mass is 9.91. The van der Waals surface area contributed by atoms with E-state index in [0.29, 0.717) is 6.42 Å². The molecule has 0 amide bonds. The van der Waals surface area contributed by atoms with Crippen molar-refractivity contribution in [1.82, 2.24) is 0 Å². The summed E-state index contributed by atoms with van der Waals surface area (Å²) in [6.45, 7) is 6.37. The lowest BCUT2D eigenvalue weighted by Gasteiger charge is -2.22. The molecule has 19 heteroatoms. The van der Waals surface area contributed by atoms with Gasteiger partial charge in [0.2, 0.25) is 0 Å². The summed E-state index contributed by atoms with van der Waals surface area (Å²) in [4.78, 5) is 39.1. The minimum atomic E-state index is -5.33. The number of phosphoric acid groups is 2. The smallest absolute Gasteiger partial charge is 0.382 e. The fourth-order valence-corrected chi connectivity index (χ4v) is 10.4. The highest BCUT2D eigenvalue weighted by molar-refractivity contribution is 7.76. The minimum Gasteiger partial charge on any atom is -0.382 e. The van der Waals surface area contributed by atoms with Crippen LogP contribution >= 0.6 is 30.8 Å². The van der Waals surface area contributed by atoms with E-state index < -0.39 is 68.2 Å². The Labute approximate surface area is 199 Å². The molecule has 11 unspecified atom stereocenters. The van der Waals surface area contributed by atoms with E-state index in [1.165, 1.54) is 0 Å². The Balaban J connectivity index is 1.89. The van der Waals surface area contributed by atoms with E-state index in [-0.39, 0.29) is 23.9 Å². The number of rotatable bonds is 12. The standard InChI is InChI=1S/C15H31BO14P4/c1-9-5-15(16)28-13(9)6-25-33(21,22)29-31(17,18)8-32(19,20)30-34(23,24)26-7-14-11(3)10(2)12(4)27-14/h9-15H,5-8H2,1-4H3,(H,17,18)(H,19,20)(H,21,22)(H,23,24). The first kappa shape index (κ1) is 30.8. The molecular formula is C15H31BO14P4. The average molecular weight is 570 g/mol. The molecule has 0 aromatic heterocycles. The third-order valence-corrected chi connectivity index (χ3v) is 13.3. The van der Waals surface area contributed by atoms with Gasteiger partial charge in [-0.1, -0.05) is 20.8 Å². The first-order valence-corrected chi connectivity index (χ1v) is 16.9. The van der Waals surface area contributed by atoms with Gasteiger partial charge in [-0.2, -0.15) is 0 Å². The summed E-state index contributed by atoms with van der Waals surface area (Å²) >= 11 is 0. The summed E-state index contributed by atoms with van der Waals surface area (Å²) in [5, 5.41) is 0. The Morgan fingerprint density at radius 2 is 1.26 bits per heavy atom. The van der Waals surface area contributed by atoms with Gasteiger partial charge in [-0.05, 0) is 31.1 Å². The largest absolute Gasteiger partial charge is 0.479 e. The zero-order chi connectivity index (χ0) is 26.1. The second-order valence-corrected chi connectivity index (χ2v) is 16.0. The summed E-state index contributed by atoms with van der Waals surface area (Å²) in [6.07, 6.45) is -0.945. The minimum absolute atomic E-state index is 0.0472. The first-order valence-electron chi connectivity index (χ1n) is 10.4. The van der Waals surface area contributed by atoms with Crippen LogP contribution in [0.25, 0.3) is 0 Å². The SMILES string of the molecule is [B]C1CC(C)C(COP(=O)(O)OP(=O)(O)CP(=O)(O)OP(=O)(O)OCC2OC(C)C(C)C2C)O1. The lowest BCUT2D eigenvalue weighted by molar-refractivity contribution is 0.00634. The van der Waals surface area contributed by atoms with E-state index >= 15 is 0 Å². The molecule has 0 aliphatic carbocycles. The second kappa shape index (κ2) is 11.5. The van der Waals surface area contributed by atoms with Gasteiger partial charge in [0.25, 0.3) is 0 Å². The third kappa shape index (κ3) is 9.47. The zero-order valence-corrected chi connectivity index (χ0v) is 22.7. The van der Waals surface area contributed by atoms with Crippen LogP contribution in [0, 0.1) is 17.8 Å². The predicted molar refractivity (Wildman–Crippen MR) is 119 cm³/mol. The van der Waals surface area contributed by atoms with E-state index in [2.05, 4.69) is 13.1 Å². The van der Waals surface area contributed by atoms with Crippen LogP contribution in [0.15, 0.2) is 0 Å². The normalized spacial score (nSPS) is 39.1. The van der Waals surface area contributed by atoms with Crippen LogP contribution in [0.2, 0.25) is 0 Å². The summed E-state index contributed by atoms with van der Waals surface area (Å²) < 4.78 is 76.9. The van der Waals surface area contributed by atoms with Crippen LogP contribution in [0.3, 0.4) is 0 Å². The lowest BCUT2D eigenvalue weighted by Crippen LogP contribution is -2.21. The van der Waals surface area contributed by atoms with E-state index in [1.807, 2.05) is 20.8 Å². The number of hydrogen-bond donors (Lipinski definition) is 4. The molecular weight excluding hydrogens is 539 g/mol. The maximum atomic E-state index is 12.2. The Kier molecular flexibility index (Phi) is 10.5. The van der Waals surface area contributed by atoms with Crippen molar-refractivity contribution in [3.8, 4) is 0 Å². The molecule has 2 saturated heterocycles. The molecule has 14 nitrogen and oxygen atoms in total. The highest BCUT2D eigenvalue weighted by Gasteiger charge is 2.45. The molecule has 2 radical (unpaired) electrons.